The molecule has 114 valence electrons. The van der Waals surface area contributed by atoms with Crippen LogP contribution in [0.2, 0.25) is 0 Å². The lowest BCUT2D eigenvalue weighted by molar-refractivity contribution is 0.395. The molecular weight excluding hydrogens is 286 g/mol. The van der Waals surface area contributed by atoms with Gasteiger partial charge in [-0.15, -0.1) is 11.3 Å². The number of thiazole rings is 1. The van der Waals surface area contributed by atoms with Crippen LogP contribution >= 0.6 is 11.3 Å². The molecule has 2 N–H and O–H groups in total. The molecule has 0 amide bonds. The van der Waals surface area contributed by atoms with Gasteiger partial charge in [0.25, 0.3) is 0 Å². The second kappa shape index (κ2) is 7.85. The van der Waals surface area contributed by atoms with Crippen LogP contribution < -0.4 is 20.1 Å². The van der Waals surface area contributed by atoms with Crippen molar-refractivity contribution in [2.75, 3.05) is 26.1 Å². The smallest absolute Gasteiger partial charge is 0.187 e. The summed E-state index contributed by atoms with van der Waals surface area (Å²) in [6.45, 7) is 3.96. The highest BCUT2D eigenvalue weighted by Gasteiger charge is 2.05. The van der Waals surface area contributed by atoms with Crippen molar-refractivity contribution in [2.24, 2.45) is 0 Å². The lowest BCUT2D eigenvalue weighted by Crippen LogP contribution is -2.13. The molecular formula is C15H21N3O2S. The molecule has 1 aromatic heterocycles. The molecule has 0 fully saturated rings. The van der Waals surface area contributed by atoms with E-state index in [-0.39, 0.29) is 0 Å². The van der Waals surface area contributed by atoms with Gasteiger partial charge in [-0.2, -0.15) is 0 Å². The van der Waals surface area contributed by atoms with Crippen molar-refractivity contribution in [3.63, 3.8) is 0 Å². The second-order valence-corrected chi connectivity index (χ2v) is 5.41. The molecule has 0 bridgehead atoms. The zero-order valence-electron chi connectivity index (χ0n) is 12.6. The third kappa shape index (κ3) is 4.61. The molecule has 0 saturated heterocycles. The van der Waals surface area contributed by atoms with Crippen LogP contribution in [0.4, 0.5) is 10.8 Å². The zero-order valence-corrected chi connectivity index (χ0v) is 13.4. The van der Waals surface area contributed by atoms with Gasteiger partial charge in [-0.25, -0.2) is 4.98 Å². The monoisotopic (exact) mass is 307 g/mol. The second-order valence-electron chi connectivity index (χ2n) is 4.55. The Hall–Kier alpha value is -1.79. The Morgan fingerprint density at radius 3 is 2.48 bits per heavy atom. The fraction of sp³-hybridized carbons (Fsp3) is 0.400. The summed E-state index contributed by atoms with van der Waals surface area (Å²) < 4.78 is 10.5. The molecule has 5 nitrogen and oxygen atoms in total. The van der Waals surface area contributed by atoms with E-state index in [0.717, 1.165) is 47.5 Å². The molecule has 2 rings (SSSR count). The van der Waals surface area contributed by atoms with Crippen LogP contribution in [0.5, 0.6) is 11.5 Å². The lowest BCUT2D eigenvalue weighted by atomic mass is 10.3. The molecule has 2 aromatic rings. The SMILES string of the molecule is CCCNCc1csc(Nc2cc(OC)cc(OC)c2)n1. The first-order valence-corrected chi connectivity index (χ1v) is 7.78. The van der Waals surface area contributed by atoms with Crippen molar-refractivity contribution in [1.29, 1.82) is 0 Å². The molecule has 0 aliphatic heterocycles. The maximum Gasteiger partial charge on any atom is 0.187 e. The summed E-state index contributed by atoms with van der Waals surface area (Å²) in [5.41, 5.74) is 1.94. The van der Waals surface area contributed by atoms with Gasteiger partial charge in [0.2, 0.25) is 0 Å². The maximum atomic E-state index is 5.26. The summed E-state index contributed by atoms with van der Waals surface area (Å²) >= 11 is 1.59. The fourth-order valence-corrected chi connectivity index (χ4v) is 2.57. The van der Waals surface area contributed by atoms with Crippen molar-refractivity contribution in [3.8, 4) is 11.5 Å². The summed E-state index contributed by atoms with van der Waals surface area (Å²) in [6.07, 6.45) is 1.12. The Labute approximate surface area is 129 Å². The number of anilines is 2. The molecule has 0 aliphatic rings. The standard InChI is InChI=1S/C15H21N3O2S/c1-4-5-16-9-12-10-21-15(18-12)17-11-6-13(19-2)8-14(7-11)20-3/h6-8,10,16H,4-5,9H2,1-3H3,(H,17,18). The van der Waals surface area contributed by atoms with Gasteiger partial charge in [0.05, 0.1) is 19.9 Å². The van der Waals surface area contributed by atoms with Gasteiger partial charge in [0, 0.05) is 35.8 Å². The molecule has 0 saturated carbocycles. The van der Waals surface area contributed by atoms with Gasteiger partial charge in [-0.3, -0.25) is 0 Å². The van der Waals surface area contributed by atoms with E-state index in [1.807, 2.05) is 18.2 Å². The zero-order chi connectivity index (χ0) is 15.1. The van der Waals surface area contributed by atoms with Crippen LogP contribution in [-0.4, -0.2) is 25.7 Å². The number of nitrogens with zero attached hydrogens (tertiary/aromatic N) is 1. The number of hydrogen-bond donors (Lipinski definition) is 2. The van der Waals surface area contributed by atoms with E-state index < -0.39 is 0 Å². The average molecular weight is 307 g/mol. The number of rotatable bonds is 8. The number of ether oxygens (including phenoxy) is 2. The van der Waals surface area contributed by atoms with Crippen LogP contribution in [0, 0.1) is 0 Å². The minimum absolute atomic E-state index is 0.748. The van der Waals surface area contributed by atoms with Crippen LogP contribution in [0.1, 0.15) is 19.0 Å². The van der Waals surface area contributed by atoms with E-state index in [9.17, 15) is 0 Å². The molecule has 0 unspecified atom stereocenters. The first-order chi connectivity index (χ1) is 10.2. The molecule has 1 heterocycles. The highest BCUT2D eigenvalue weighted by atomic mass is 32.1. The van der Waals surface area contributed by atoms with Gasteiger partial charge < -0.3 is 20.1 Å². The van der Waals surface area contributed by atoms with Crippen molar-refractivity contribution >= 4 is 22.2 Å². The van der Waals surface area contributed by atoms with Crippen LogP contribution in [0.15, 0.2) is 23.6 Å². The predicted molar refractivity (Wildman–Crippen MR) is 86.9 cm³/mol. The summed E-state index contributed by atoms with van der Waals surface area (Å²) in [4.78, 5) is 4.55. The highest BCUT2D eigenvalue weighted by Crippen LogP contribution is 2.29. The van der Waals surface area contributed by atoms with Crippen LogP contribution in [0.3, 0.4) is 0 Å². The van der Waals surface area contributed by atoms with Crippen molar-refractivity contribution in [3.05, 3.63) is 29.3 Å². The van der Waals surface area contributed by atoms with E-state index in [1.54, 1.807) is 25.6 Å². The minimum Gasteiger partial charge on any atom is -0.497 e. The third-order valence-corrected chi connectivity index (χ3v) is 3.69. The highest BCUT2D eigenvalue weighted by molar-refractivity contribution is 7.13. The molecule has 6 heteroatoms. The molecule has 21 heavy (non-hydrogen) atoms. The number of benzene rings is 1. The van der Waals surface area contributed by atoms with Crippen molar-refractivity contribution in [2.45, 2.75) is 19.9 Å². The Bertz CT molecular complexity index is 550. The quantitative estimate of drug-likeness (QED) is 0.732. The predicted octanol–water partition coefficient (Wildman–Crippen LogP) is 3.40. The number of methoxy groups -OCH3 is 2. The minimum atomic E-state index is 0.748. The maximum absolute atomic E-state index is 5.26. The fourth-order valence-electron chi connectivity index (χ4n) is 1.84. The van der Waals surface area contributed by atoms with Crippen molar-refractivity contribution < 1.29 is 9.47 Å². The normalized spacial score (nSPS) is 10.4. The average Bonchev–Trinajstić information content (AvgIpc) is 2.94. The van der Waals surface area contributed by atoms with Gasteiger partial charge in [-0.1, -0.05) is 6.92 Å². The van der Waals surface area contributed by atoms with Gasteiger partial charge >= 0.3 is 0 Å². The third-order valence-electron chi connectivity index (χ3n) is 2.89. The van der Waals surface area contributed by atoms with E-state index in [0.29, 0.717) is 0 Å². The van der Waals surface area contributed by atoms with Gasteiger partial charge in [-0.05, 0) is 13.0 Å². The number of aromatic nitrogens is 1. The number of hydrogen-bond acceptors (Lipinski definition) is 6. The van der Waals surface area contributed by atoms with E-state index in [2.05, 4.69) is 27.9 Å². The lowest BCUT2D eigenvalue weighted by Gasteiger charge is -2.08. The summed E-state index contributed by atoms with van der Waals surface area (Å²) in [5, 5.41) is 9.54. The topological polar surface area (TPSA) is 55.4 Å². The van der Waals surface area contributed by atoms with E-state index in [4.69, 9.17) is 9.47 Å². The summed E-state index contributed by atoms with van der Waals surface area (Å²) in [7, 11) is 3.28. The molecule has 0 aliphatic carbocycles. The molecule has 0 spiro atoms. The van der Waals surface area contributed by atoms with Gasteiger partial charge in [0.15, 0.2) is 5.13 Å². The van der Waals surface area contributed by atoms with Crippen LogP contribution in [-0.2, 0) is 6.54 Å². The van der Waals surface area contributed by atoms with E-state index >= 15 is 0 Å². The van der Waals surface area contributed by atoms with Crippen molar-refractivity contribution in [1.82, 2.24) is 10.3 Å². The Kier molecular flexibility index (Phi) is 5.83. The first-order valence-electron chi connectivity index (χ1n) is 6.90. The number of nitrogens with one attached hydrogen (secondary N) is 2. The first kappa shape index (κ1) is 15.6. The molecule has 1 aromatic carbocycles. The summed E-state index contributed by atoms with van der Waals surface area (Å²) in [6, 6.07) is 5.67. The van der Waals surface area contributed by atoms with Gasteiger partial charge in [0.1, 0.15) is 11.5 Å². The Morgan fingerprint density at radius 2 is 1.86 bits per heavy atom. The molecule has 0 atom stereocenters. The van der Waals surface area contributed by atoms with Crippen LogP contribution in [0.25, 0.3) is 0 Å². The Morgan fingerprint density at radius 1 is 1.14 bits per heavy atom. The summed E-state index contributed by atoms with van der Waals surface area (Å²) in [5.74, 6) is 1.50. The molecule has 0 radical (unpaired) electrons. The largest absolute Gasteiger partial charge is 0.497 e. The Balaban J connectivity index is 2.04. The van der Waals surface area contributed by atoms with E-state index in [1.165, 1.54) is 0 Å².